The molecule has 6 nitrogen and oxygen atoms in total. The number of ether oxygens (including phenoxy) is 1. The SMILES string of the molecule is COC(=O)c1ccc(NC(=O)[C@H](NC(=O)c2ccccc2)C(C)C)c(C)c1. The summed E-state index contributed by atoms with van der Waals surface area (Å²) in [6.07, 6.45) is 0. The molecule has 0 saturated carbocycles. The van der Waals surface area contributed by atoms with Gasteiger partial charge in [-0.2, -0.15) is 0 Å². The van der Waals surface area contributed by atoms with E-state index in [-0.39, 0.29) is 17.7 Å². The van der Waals surface area contributed by atoms with Crippen LogP contribution in [0.2, 0.25) is 0 Å². The number of anilines is 1. The summed E-state index contributed by atoms with van der Waals surface area (Å²) < 4.78 is 4.69. The van der Waals surface area contributed by atoms with Crippen LogP contribution in [0.25, 0.3) is 0 Å². The summed E-state index contributed by atoms with van der Waals surface area (Å²) in [6.45, 7) is 5.51. The highest BCUT2D eigenvalue weighted by Crippen LogP contribution is 2.18. The lowest BCUT2D eigenvalue weighted by atomic mass is 10.0. The zero-order valence-electron chi connectivity index (χ0n) is 15.9. The summed E-state index contributed by atoms with van der Waals surface area (Å²) in [4.78, 5) is 36.7. The first kappa shape index (κ1) is 20.2. The molecule has 0 aromatic heterocycles. The van der Waals surface area contributed by atoms with E-state index in [2.05, 4.69) is 10.6 Å². The van der Waals surface area contributed by atoms with Crippen molar-refractivity contribution in [2.24, 2.45) is 5.92 Å². The van der Waals surface area contributed by atoms with Gasteiger partial charge in [0.2, 0.25) is 5.91 Å². The highest BCUT2D eigenvalue weighted by atomic mass is 16.5. The number of methoxy groups -OCH3 is 1. The number of amides is 2. The van der Waals surface area contributed by atoms with Gasteiger partial charge < -0.3 is 15.4 Å². The third-order valence-electron chi connectivity index (χ3n) is 4.18. The van der Waals surface area contributed by atoms with Gasteiger partial charge in [0.05, 0.1) is 12.7 Å². The van der Waals surface area contributed by atoms with E-state index in [4.69, 9.17) is 4.74 Å². The van der Waals surface area contributed by atoms with Crippen molar-refractivity contribution in [2.45, 2.75) is 26.8 Å². The molecular weight excluding hydrogens is 344 g/mol. The van der Waals surface area contributed by atoms with Crippen LogP contribution in [0.1, 0.15) is 40.1 Å². The Labute approximate surface area is 158 Å². The number of hydrogen-bond donors (Lipinski definition) is 2. The van der Waals surface area contributed by atoms with Crippen molar-refractivity contribution in [3.05, 3.63) is 65.2 Å². The Morgan fingerprint density at radius 3 is 2.19 bits per heavy atom. The summed E-state index contributed by atoms with van der Waals surface area (Å²) in [7, 11) is 1.32. The van der Waals surface area contributed by atoms with Crippen LogP contribution in [0, 0.1) is 12.8 Å². The number of carbonyl (C=O) groups is 3. The second-order valence-electron chi connectivity index (χ2n) is 6.57. The van der Waals surface area contributed by atoms with Gasteiger partial charge in [0.15, 0.2) is 0 Å². The minimum atomic E-state index is -0.697. The normalized spacial score (nSPS) is 11.6. The molecule has 142 valence electrons. The Morgan fingerprint density at radius 1 is 0.963 bits per heavy atom. The zero-order chi connectivity index (χ0) is 20.0. The zero-order valence-corrected chi connectivity index (χ0v) is 15.9. The maximum Gasteiger partial charge on any atom is 0.337 e. The first-order valence-corrected chi connectivity index (χ1v) is 8.69. The number of esters is 1. The molecular formula is C21H24N2O4. The fraction of sp³-hybridized carbons (Fsp3) is 0.286. The van der Waals surface area contributed by atoms with Gasteiger partial charge in [0, 0.05) is 11.3 Å². The number of benzene rings is 2. The molecule has 0 aliphatic heterocycles. The molecule has 0 bridgehead atoms. The number of nitrogens with one attached hydrogen (secondary N) is 2. The van der Waals surface area contributed by atoms with Crippen LogP contribution >= 0.6 is 0 Å². The summed E-state index contributed by atoms with van der Waals surface area (Å²) in [5.41, 5.74) is 2.20. The maximum atomic E-state index is 12.7. The quantitative estimate of drug-likeness (QED) is 0.767. The standard InChI is InChI=1S/C21H24N2O4/c1-13(2)18(23-19(24)15-8-6-5-7-9-15)20(25)22-17-11-10-16(12-14(17)3)21(26)27-4/h5-13,18H,1-4H3,(H,22,25)(H,23,24)/t18-/m1/s1. The molecule has 0 spiro atoms. The van der Waals surface area contributed by atoms with E-state index in [9.17, 15) is 14.4 Å². The molecule has 2 rings (SSSR count). The lowest BCUT2D eigenvalue weighted by molar-refractivity contribution is -0.118. The van der Waals surface area contributed by atoms with Gasteiger partial charge in [-0.15, -0.1) is 0 Å². The van der Waals surface area contributed by atoms with Gasteiger partial charge in [-0.3, -0.25) is 9.59 Å². The fourth-order valence-electron chi connectivity index (χ4n) is 2.61. The number of rotatable bonds is 6. The topological polar surface area (TPSA) is 84.5 Å². The Kier molecular flexibility index (Phi) is 6.71. The summed E-state index contributed by atoms with van der Waals surface area (Å²) in [5.74, 6) is -1.16. The van der Waals surface area contributed by atoms with E-state index in [1.165, 1.54) is 7.11 Å². The predicted octanol–water partition coefficient (Wildman–Crippen LogP) is 3.17. The van der Waals surface area contributed by atoms with E-state index < -0.39 is 12.0 Å². The van der Waals surface area contributed by atoms with Crippen LogP contribution in [0.15, 0.2) is 48.5 Å². The average molecular weight is 368 g/mol. The lowest BCUT2D eigenvalue weighted by Gasteiger charge is -2.22. The largest absolute Gasteiger partial charge is 0.465 e. The average Bonchev–Trinajstić information content (AvgIpc) is 2.67. The minimum Gasteiger partial charge on any atom is -0.465 e. The minimum absolute atomic E-state index is 0.104. The van der Waals surface area contributed by atoms with Gasteiger partial charge in [0.25, 0.3) is 5.91 Å². The first-order chi connectivity index (χ1) is 12.8. The van der Waals surface area contributed by atoms with Crippen molar-refractivity contribution in [1.29, 1.82) is 0 Å². The summed E-state index contributed by atoms with van der Waals surface area (Å²) in [5, 5.41) is 5.61. The molecule has 0 unspecified atom stereocenters. The third-order valence-corrected chi connectivity index (χ3v) is 4.18. The van der Waals surface area contributed by atoms with Crippen molar-refractivity contribution in [1.82, 2.24) is 5.32 Å². The predicted molar refractivity (Wildman–Crippen MR) is 104 cm³/mol. The lowest BCUT2D eigenvalue weighted by Crippen LogP contribution is -2.47. The van der Waals surface area contributed by atoms with E-state index >= 15 is 0 Å². The number of aryl methyl sites for hydroxylation is 1. The Balaban J connectivity index is 2.13. The van der Waals surface area contributed by atoms with E-state index in [0.29, 0.717) is 16.8 Å². The van der Waals surface area contributed by atoms with E-state index in [0.717, 1.165) is 5.56 Å². The molecule has 27 heavy (non-hydrogen) atoms. The second kappa shape index (κ2) is 8.98. The molecule has 1 atom stereocenters. The van der Waals surface area contributed by atoms with Crippen molar-refractivity contribution >= 4 is 23.5 Å². The second-order valence-corrected chi connectivity index (χ2v) is 6.57. The molecule has 0 heterocycles. The van der Waals surface area contributed by atoms with Crippen LogP contribution < -0.4 is 10.6 Å². The third kappa shape index (κ3) is 5.17. The van der Waals surface area contributed by atoms with Gasteiger partial charge in [-0.1, -0.05) is 32.0 Å². The van der Waals surface area contributed by atoms with E-state index in [1.54, 1.807) is 49.4 Å². The highest BCUT2D eigenvalue weighted by molar-refractivity contribution is 6.01. The molecule has 2 N–H and O–H groups in total. The molecule has 2 aromatic rings. The van der Waals surface area contributed by atoms with Crippen molar-refractivity contribution in [3.8, 4) is 0 Å². The van der Waals surface area contributed by atoms with Crippen LogP contribution in [0.4, 0.5) is 5.69 Å². The molecule has 0 aliphatic rings. The van der Waals surface area contributed by atoms with E-state index in [1.807, 2.05) is 19.9 Å². The van der Waals surface area contributed by atoms with Crippen molar-refractivity contribution < 1.29 is 19.1 Å². The smallest absolute Gasteiger partial charge is 0.337 e. The summed E-state index contributed by atoms with van der Waals surface area (Å²) >= 11 is 0. The molecule has 0 fully saturated rings. The molecule has 2 aromatic carbocycles. The van der Waals surface area contributed by atoms with Crippen LogP contribution in [0.5, 0.6) is 0 Å². The molecule has 2 amide bonds. The van der Waals surface area contributed by atoms with Crippen molar-refractivity contribution in [2.75, 3.05) is 12.4 Å². The fourth-order valence-corrected chi connectivity index (χ4v) is 2.61. The highest BCUT2D eigenvalue weighted by Gasteiger charge is 2.25. The van der Waals surface area contributed by atoms with Gasteiger partial charge in [-0.05, 0) is 48.7 Å². The Hall–Kier alpha value is -3.15. The van der Waals surface area contributed by atoms with Crippen LogP contribution in [0.3, 0.4) is 0 Å². The Morgan fingerprint density at radius 2 is 1.63 bits per heavy atom. The molecule has 6 heteroatoms. The maximum absolute atomic E-state index is 12.7. The summed E-state index contributed by atoms with van der Waals surface area (Å²) in [6, 6.07) is 12.9. The Bertz CT molecular complexity index is 831. The van der Waals surface area contributed by atoms with Crippen LogP contribution in [-0.2, 0) is 9.53 Å². The van der Waals surface area contributed by atoms with Crippen LogP contribution in [-0.4, -0.2) is 30.9 Å². The van der Waals surface area contributed by atoms with Gasteiger partial charge >= 0.3 is 5.97 Å². The molecule has 0 radical (unpaired) electrons. The molecule has 0 saturated heterocycles. The van der Waals surface area contributed by atoms with Gasteiger partial charge in [-0.25, -0.2) is 4.79 Å². The number of carbonyl (C=O) groups excluding carboxylic acids is 3. The van der Waals surface area contributed by atoms with Gasteiger partial charge in [0.1, 0.15) is 6.04 Å². The van der Waals surface area contributed by atoms with Crippen molar-refractivity contribution in [3.63, 3.8) is 0 Å². The monoisotopic (exact) mass is 368 g/mol. The molecule has 0 aliphatic carbocycles. The number of hydrogen-bond acceptors (Lipinski definition) is 4. The first-order valence-electron chi connectivity index (χ1n) is 8.69.